The van der Waals surface area contributed by atoms with Crippen LogP contribution in [0.1, 0.15) is 19.8 Å². The summed E-state index contributed by atoms with van der Waals surface area (Å²) in [7, 11) is -1.19. The van der Waals surface area contributed by atoms with Gasteiger partial charge in [-0.1, -0.05) is 43.8 Å². The third kappa shape index (κ3) is 3.02. The third-order valence-corrected chi connectivity index (χ3v) is 5.30. The molecule has 0 aliphatic carbocycles. The van der Waals surface area contributed by atoms with Crippen molar-refractivity contribution in [2.75, 3.05) is 0 Å². The average molecular weight is 154 g/mol. The van der Waals surface area contributed by atoms with E-state index in [1.54, 1.807) is 0 Å². The lowest BCUT2D eigenvalue weighted by atomic mass is 10.4. The summed E-state index contributed by atoms with van der Waals surface area (Å²) in [6, 6.07) is 1.32. The van der Waals surface area contributed by atoms with Gasteiger partial charge in [0, 0.05) is 0 Å². The summed E-state index contributed by atoms with van der Waals surface area (Å²) in [5.41, 5.74) is 4.24. The van der Waals surface area contributed by atoms with Crippen molar-refractivity contribution in [2.45, 2.75) is 32.4 Å². The Morgan fingerprint density at radius 3 is 2.10 bits per heavy atom. The first-order valence-electron chi connectivity index (χ1n) is 3.95. The third-order valence-electron chi connectivity index (χ3n) is 2.00. The fourth-order valence-electron chi connectivity index (χ4n) is 0.845. The molecule has 0 atom stereocenters. The van der Waals surface area contributed by atoms with Crippen molar-refractivity contribution < 1.29 is 0 Å². The van der Waals surface area contributed by atoms with Crippen molar-refractivity contribution in [3.8, 4) is 0 Å². The lowest BCUT2D eigenvalue weighted by Crippen LogP contribution is -2.23. The van der Waals surface area contributed by atoms with E-state index < -0.39 is 8.07 Å². The maximum Gasteiger partial charge on any atom is 0.0973 e. The second-order valence-corrected chi connectivity index (χ2v) is 7.35. The van der Waals surface area contributed by atoms with Gasteiger partial charge in [-0.05, 0) is 0 Å². The topological polar surface area (TPSA) is 0 Å². The number of hydrogen-bond donors (Lipinski definition) is 0. The zero-order chi connectivity index (χ0) is 8.04. The molecule has 0 radical (unpaired) electrons. The molecule has 0 fully saturated rings. The van der Waals surface area contributed by atoms with Gasteiger partial charge in [-0.3, -0.25) is 0 Å². The van der Waals surface area contributed by atoms with Gasteiger partial charge in [0.1, 0.15) is 0 Å². The molecule has 10 heavy (non-hydrogen) atoms. The molecule has 0 amide bonds. The van der Waals surface area contributed by atoms with Crippen LogP contribution in [0.2, 0.25) is 12.6 Å². The number of unbranched alkanes of at least 4 members (excludes halogenated alkanes) is 1. The van der Waals surface area contributed by atoms with Gasteiger partial charge in [0.05, 0.1) is 8.07 Å². The van der Waals surface area contributed by atoms with E-state index in [-0.39, 0.29) is 0 Å². The summed E-state index contributed by atoms with van der Waals surface area (Å²) >= 11 is 0. The van der Waals surface area contributed by atoms with E-state index in [0.717, 1.165) is 0 Å². The van der Waals surface area contributed by atoms with Gasteiger partial charge in [-0.2, -0.15) is 0 Å². The fourth-order valence-corrected chi connectivity index (χ4v) is 2.54. The van der Waals surface area contributed by atoms with Crippen LogP contribution >= 0.6 is 0 Å². The normalized spacial score (nSPS) is 11.0. The Kier molecular flexibility index (Phi) is 4.37. The Bertz CT molecular complexity index is 108. The average Bonchev–Trinajstić information content (AvgIpc) is 2.00. The first-order chi connectivity index (χ1) is 4.68. The van der Waals surface area contributed by atoms with Gasteiger partial charge < -0.3 is 0 Å². The summed E-state index contributed by atoms with van der Waals surface area (Å²) in [5, 5.41) is 0. The van der Waals surface area contributed by atoms with E-state index >= 15 is 0 Å². The highest BCUT2D eigenvalue weighted by Gasteiger charge is 2.16. The number of hydrogen-bond acceptors (Lipinski definition) is 0. The van der Waals surface area contributed by atoms with Crippen LogP contribution in [0.5, 0.6) is 0 Å². The van der Waals surface area contributed by atoms with Crippen molar-refractivity contribution in [3.63, 3.8) is 0 Å². The zero-order valence-electron chi connectivity index (χ0n) is 7.19. The van der Waals surface area contributed by atoms with Crippen LogP contribution in [0, 0.1) is 0 Å². The molecule has 0 aliphatic heterocycles. The molecule has 0 aromatic rings. The van der Waals surface area contributed by atoms with Crippen LogP contribution in [0.15, 0.2) is 24.6 Å². The van der Waals surface area contributed by atoms with Crippen molar-refractivity contribution >= 4 is 8.07 Å². The SMILES string of the molecule is C=C[Si](C)(C=C)CCCC. The summed E-state index contributed by atoms with van der Waals surface area (Å²) in [6.45, 7) is 12.2. The molecule has 0 heterocycles. The Hall–Kier alpha value is -0.303. The molecule has 0 N–H and O–H groups in total. The van der Waals surface area contributed by atoms with Crippen LogP contribution in [-0.4, -0.2) is 8.07 Å². The van der Waals surface area contributed by atoms with Crippen LogP contribution < -0.4 is 0 Å². The first kappa shape index (κ1) is 9.70. The molecule has 0 saturated heterocycles. The van der Waals surface area contributed by atoms with E-state index in [1.165, 1.54) is 18.9 Å². The van der Waals surface area contributed by atoms with Crippen LogP contribution in [0.3, 0.4) is 0 Å². The Morgan fingerprint density at radius 2 is 1.80 bits per heavy atom. The lowest BCUT2D eigenvalue weighted by Gasteiger charge is -2.16. The molecule has 0 rings (SSSR count). The van der Waals surface area contributed by atoms with Gasteiger partial charge >= 0.3 is 0 Å². The van der Waals surface area contributed by atoms with Gasteiger partial charge in [-0.25, -0.2) is 0 Å². The maximum absolute atomic E-state index is 3.85. The molecule has 0 bridgehead atoms. The predicted molar refractivity (Wildman–Crippen MR) is 51.7 cm³/mol. The zero-order valence-corrected chi connectivity index (χ0v) is 8.19. The second kappa shape index (κ2) is 4.50. The molecule has 0 spiro atoms. The van der Waals surface area contributed by atoms with Crippen molar-refractivity contribution in [3.05, 3.63) is 24.6 Å². The Labute approximate surface area is 65.7 Å². The minimum absolute atomic E-state index is 1.19. The molecule has 0 aromatic carbocycles. The van der Waals surface area contributed by atoms with Gasteiger partial charge in [0.15, 0.2) is 0 Å². The quantitative estimate of drug-likeness (QED) is 0.533. The summed E-state index contributed by atoms with van der Waals surface area (Å²) in [4.78, 5) is 0. The second-order valence-electron chi connectivity index (χ2n) is 3.02. The lowest BCUT2D eigenvalue weighted by molar-refractivity contribution is 0.872. The molecule has 0 saturated carbocycles. The summed E-state index contributed by atoms with van der Waals surface area (Å²) in [6.07, 6.45) is 2.60. The molecule has 58 valence electrons. The minimum atomic E-state index is -1.19. The monoisotopic (exact) mass is 154 g/mol. The molecule has 0 aliphatic rings. The summed E-state index contributed by atoms with van der Waals surface area (Å²) in [5.74, 6) is 0. The van der Waals surface area contributed by atoms with E-state index in [0.29, 0.717) is 0 Å². The first-order valence-corrected chi connectivity index (χ1v) is 6.82. The van der Waals surface area contributed by atoms with Crippen molar-refractivity contribution in [1.82, 2.24) is 0 Å². The highest BCUT2D eigenvalue weighted by Crippen LogP contribution is 2.15. The molecule has 0 aromatic heterocycles. The molecule has 0 nitrogen and oxygen atoms in total. The molecule has 1 heteroatoms. The van der Waals surface area contributed by atoms with Gasteiger partial charge in [-0.15, -0.1) is 13.2 Å². The molecular weight excluding hydrogens is 136 g/mol. The van der Waals surface area contributed by atoms with E-state index in [2.05, 4.69) is 38.0 Å². The smallest absolute Gasteiger partial charge is 0.0973 e. The van der Waals surface area contributed by atoms with Crippen molar-refractivity contribution in [1.29, 1.82) is 0 Å². The van der Waals surface area contributed by atoms with E-state index in [1.807, 2.05) is 0 Å². The standard InChI is InChI=1S/C9H18Si/c1-5-8-9-10(4,6-2)7-3/h6-7H,2-3,5,8-9H2,1,4H3. The minimum Gasteiger partial charge on any atom is -0.107 e. The molecule has 0 unspecified atom stereocenters. The van der Waals surface area contributed by atoms with E-state index in [9.17, 15) is 0 Å². The Balaban J connectivity index is 3.80. The van der Waals surface area contributed by atoms with Crippen LogP contribution in [-0.2, 0) is 0 Å². The fraction of sp³-hybridized carbons (Fsp3) is 0.556. The predicted octanol–water partition coefficient (Wildman–Crippen LogP) is 3.32. The number of rotatable bonds is 5. The highest BCUT2D eigenvalue weighted by atomic mass is 28.3. The maximum atomic E-state index is 3.85. The Morgan fingerprint density at radius 1 is 1.30 bits per heavy atom. The van der Waals surface area contributed by atoms with E-state index in [4.69, 9.17) is 0 Å². The highest BCUT2D eigenvalue weighted by molar-refractivity contribution is 6.87. The molecular formula is C9H18Si. The van der Waals surface area contributed by atoms with Crippen LogP contribution in [0.25, 0.3) is 0 Å². The van der Waals surface area contributed by atoms with Gasteiger partial charge in [0.25, 0.3) is 0 Å². The summed E-state index contributed by atoms with van der Waals surface area (Å²) < 4.78 is 0. The largest absolute Gasteiger partial charge is 0.107 e. The van der Waals surface area contributed by atoms with Gasteiger partial charge in [0.2, 0.25) is 0 Å². The van der Waals surface area contributed by atoms with Crippen molar-refractivity contribution in [2.24, 2.45) is 0 Å². The van der Waals surface area contributed by atoms with Crippen LogP contribution in [0.4, 0.5) is 0 Å².